The lowest BCUT2D eigenvalue weighted by atomic mass is 10.0. The molecule has 2 atom stereocenters. The fraction of sp³-hybridized carbons (Fsp3) is 0.804. The zero-order chi connectivity index (χ0) is 47.6. The predicted molar refractivity (Wildman–Crippen MR) is 279 cm³/mol. The first kappa shape index (κ1) is 63.2. The van der Waals surface area contributed by atoms with Gasteiger partial charge >= 0.3 is 13.8 Å². The number of phosphoric ester groups is 1. The summed E-state index contributed by atoms with van der Waals surface area (Å²) >= 11 is 0. The summed E-state index contributed by atoms with van der Waals surface area (Å²) in [5.41, 5.74) is 0. The van der Waals surface area contributed by atoms with Crippen LogP contribution in [0.1, 0.15) is 232 Å². The number of carbonyl (C=O) groups is 1. The minimum Gasteiger partial charge on any atom is -0.457 e. The third kappa shape index (κ3) is 53.0. The maximum Gasteiger partial charge on any atom is 0.472 e. The number of rotatable bonds is 50. The van der Waals surface area contributed by atoms with Crippen LogP contribution >= 0.6 is 7.82 Å². The fourth-order valence-corrected chi connectivity index (χ4v) is 8.10. The summed E-state index contributed by atoms with van der Waals surface area (Å²) < 4.78 is 35.2. The molecule has 0 rings (SSSR count). The van der Waals surface area contributed by atoms with Crippen molar-refractivity contribution in [3.63, 3.8) is 0 Å². The summed E-state index contributed by atoms with van der Waals surface area (Å²) in [6, 6.07) is 0. The van der Waals surface area contributed by atoms with E-state index in [0.717, 1.165) is 64.2 Å². The van der Waals surface area contributed by atoms with E-state index < -0.39 is 13.9 Å². The number of likely N-dealkylation sites (N-methyl/N-ethyl adjacent to an activating group) is 1. The number of hydrogen-bond donors (Lipinski definition) is 1. The Bertz CT molecular complexity index is 1220. The second kappa shape index (κ2) is 48.6. The molecule has 0 bridgehead atoms. The number of ether oxygens (including phenoxy) is 2. The summed E-state index contributed by atoms with van der Waals surface area (Å²) in [6.07, 6.45) is 62.7. The van der Waals surface area contributed by atoms with Crippen molar-refractivity contribution in [3.8, 4) is 0 Å². The van der Waals surface area contributed by atoms with Gasteiger partial charge in [0.15, 0.2) is 0 Å². The van der Waals surface area contributed by atoms with Gasteiger partial charge in [-0.25, -0.2) is 4.57 Å². The van der Waals surface area contributed by atoms with E-state index in [-0.39, 0.29) is 25.8 Å². The highest BCUT2D eigenvalue weighted by Crippen LogP contribution is 2.43. The van der Waals surface area contributed by atoms with Crippen molar-refractivity contribution < 1.29 is 37.3 Å². The summed E-state index contributed by atoms with van der Waals surface area (Å²) in [5.74, 6) is -0.326. The lowest BCUT2D eigenvalue weighted by molar-refractivity contribution is -0.870. The molecule has 0 saturated heterocycles. The lowest BCUT2D eigenvalue weighted by Crippen LogP contribution is -2.37. The van der Waals surface area contributed by atoms with Crippen LogP contribution in [0.15, 0.2) is 60.8 Å². The third-order valence-corrected chi connectivity index (χ3v) is 12.5. The van der Waals surface area contributed by atoms with Gasteiger partial charge in [0, 0.05) is 13.0 Å². The average Bonchev–Trinajstić information content (AvgIpc) is 3.27. The Kier molecular flexibility index (Phi) is 47.3. The molecule has 8 nitrogen and oxygen atoms in total. The maximum atomic E-state index is 12.8. The number of nitrogens with zero attached hydrogens (tertiary/aromatic N) is 1. The first-order valence-corrected chi connectivity index (χ1v) is 28.5. The van der Waals surface area contributed by atoms with Crippen molar-refractivity contribution in [2.75, 3.05) is 54.1 Å². The first-order chi connectivity index (χ1) is 31.6. The molecule has 380 valence electrons. The Balaban J connectivity index is 4.13. The van der Waals surface area contributed by atoms with Crippen molar-refractivity contribution >= 4 is 13.8 Å². The van der Waals surface area contributed by atoms with Crippen LogP contribution in [0.2, 0.25) is 0 Å². The number of hydrogen-bond acceptors (Lipinski definition) is 6. The smallest absolute Gasteiger partial charge is 0.457 e. The number of carbonyl (C=O) groups excluding carboxylic acids is 1. The molecule has 0 amide bonds. The minimum absolute atomic E-state index is 0.0837. The van der Waals surface area contributed by atoms with Gasteiger partial charge in [-0.2, -0.15) is 0 Å². The number of allylic oxidation sites excluding steroid dienone is 10. The average molecular weight is 935 g/mol. The normalized spacial score (nSPS) is 14.0. The highest BCUT2D eigenvalue weighted by atomic mass is 31.2. The molecule has 2 unspecified atom stereocenters. The molecule has 9 heteroatoms. The van der Waals surface area contributed by atoms with E-state index >= 15 is 0 Å². The Hall–Kier alpha value is -1.80. The zero-order valence-electron chi connectivity index (χ0n) is 43.2. The van der Waals surface area contributed by atoms with Gasteiger partial charge in [-0.1, -0.05) is 203 Å². The van der Waals surface area contributed by atoms with Crippen LogP contribution in [0.4, 0.5) is 0 Å². The Labute approximate surface area is 402 Å². The summed E-state index contributed by atoms with van der Waals surface area (Å²) in [4.78, 5) is 23.0. The standard InChI is InChI=1S/C56H104NO7P/c1-6-8-10-12-14-16-18-20-22-24-26-27-28-29-30-32-34-36-38-40-42-44-46-48-51-61-53-55(54-63-65(59,60)62-52-50-57(3,4)5)64-56(58)49-47-45-43-41-39-37-35-33-31-25-23-21-19-17-15-13-11-9-7-2/h15,17-18,20-21,23-24,26,31,33,55H,6-14,16,19,22,25,27-30,32,34-54H2,1-5H3/p+1/b17-15-,20-18-,23-21-,26-24-,33-31-. The molecule has 0 heterocycles. The van der Waals surface area contributed by atoms with Gasteiger partial charge < -0.3 is 18.9 Å². The van der Waals surface area contributed by atoms with Crippen LogP contribution in [0.25, 0.3) is 0 Å². The second-order valence-corrected chi connectivity index (χ2v) is 20.7. The summed E-state index contributed by atoms with van der Waals surface area (Å²) in [5, 5.41) is 0. The van der Waals surface area contributed by atoms with Crippen LogP contribution < -0.4 is 0 Å². The molecule has 0 aromatic rings. The Morgan fingerprint density at radius 3 is 1.29 bits per heavy atom. The molecule has 0 saturated carbocycles. The lowest BCUT2D eigenvalue weighted by Gasteiger charge is -2.24. The van der Waals surface area contributed by atoms with Gasteiger partial charge in [-0.3, -0.25) is 13.8 Å². The molecule has 65 heavy (non-hydrogen) atoms. The highest BCUT2D eigenvalue weighted by Gasteiger charge is 2.26. The van der Waals surface area contributed by atoms with Gasteiger partial charge in [0.25, 0.3) is 0 Å². The van der Waals surface area contributed by atoms with Crippen LogP contribution in [-0.4, -0.2) is 75.6 Å². The largest absolute Gasteiger partial charge is 0.472 e. The van der Waals surface area contributed by atoms with E-state index in [1.165, 1.54) is 148 Å². The first-order valence-electron chi connectivity index (χ1n) is 27.0. The molecule has 0 fully saturated rings. The molecular formula is C56H105NO7P+. The van der Waals surface area contributed by atoms with Crippen molar-refractivity contribution in [2.24, 2.45) is 0 Å². The molecular weight excluding hydrogens is 830 g/mol. The molecule has 0 aliphatic heterocycles. The van der Waals surface area contributed by atoms with Crippen molar-refractivity contribution in [2.45, 2.75) is 238 Å². The maximum absolute atomic E-state index is 12.8. The molecule has 0 radical (unpaired) electrons. The van der Waals surface area contributed by atoms with E-state index in [1.807, 2.05) is 21.1 Å². The van der Waals surface area contributed by atoms with Crippen LogP contribution in [-0.2, 0) is 27.9 Å². The highest BCUT2D eigenvalue weighted by molar-refractivity contribution is 7.47. The quantitative estimate of drug-likeness (QED) is 0.0214. The molecule has 0 aromatic heterocycles. The zero-order valence-corrected chi connectivity index (χ0v) is 44.1. The summed E-state index contributed by atoms with van der Waals surface area (Å²) in [6.45, 7) is 5.58. The molecule has 0 aliphatic carbocycles. The van der Waals surface area contributed by atoms with Crippen molar-refractivity contribution in [1.29, 1.82) is 0 Å². The molecule has 1 N–H and O–H groups in total. The number of unbranched alkanes of at least 4 members (excludes halogenated alkanes) is 26. The topological polar surface area (TPSA) is 91.3 Å². The van der Waals surface area contributed by atoms with Crippen LogP contribution in [0, 0.1) is 0 Å². The van der Waals surface area contributed by atoms with Crippen molar-refractivity contribution in [3.05, 3.63) is 60.8 Å². The minimum atomic E-state index is -4.29. The number of phosphoric acid groups is 1. The van der Waals surface area contributed by atoms with Crippen molar-refractivity contribution in [1.82, 2.24) is 0 Å². The van der Waals surface area contributed by atoms with E-state index in [0.29, 0.717) is 24.1 Å². The van der Waals surface area contributed by atoms with E-state index in [1.54, 1.807) is 0 Å². The summed E-state index contributed by atoms with van der Waals surface area (Å²) in [7, 11) is 1.66. The van der Waals surface area contributed by atoms with Crippen LogP contribution in [0.5, 0.6) is 0 Å². The molecule has 0 aromatic carbocycles. The Morgan fingerprint density at radius 1 is 0.477 bits per heavy atom. The van der Waals surface area contributed by atoms with E-state index in [2.05, 4.69) is 74.6 Å². The number of quaternary nitrogens is 1. The van der Waals surface area contributed by atoms with Gasteiger partial charge in [0.05, 0.1) is 34.4 Å². The van der Waals surface area contributed by atoms with Gasteiger partial charge in [-0.05, 0) is 83.5 Å². The van der Waals surface area contributed by atoms with Gasteiger partial charge in [-0.15, -0.1) is 0 Å². The SMILES string of the molecule is CCCCC/C=C\C/C=C\C/C=C\CCCCCCCCC(=O)OC(COCCCCCCCCCCCCCC/C=C\C/C=C\CCCCCCC)COP(=O)(O)OCC[N+](C)(C)C. The second-order valence-electron chi connectivity index (χ2n) is 19.3. The van der Waals surface area contributed by atoms with Gasteiger partial charge in [0.1, 0.15) is 19.3 Å². The predicted octanol–water partition coefficient (Wildman–Crippen LogP) is 16.8. The van der Waals surface area contributed by atoms with Gasteiger partial charge in [0.2, 0.25) is 0 Å². The number of esters is 1. The molecule has 0 aliphatic rings. The monoisotopic (exact) mass is 935 g/mol. The third-order valence-electron chi connectivity index (χ3n) is 11.6. The Morgan fingerprint density at radius 2 is 0.846 bits per heavy atom. The van der Waals surface area contributed by atoms with E-state index in [9.17, 15) is 14.3 Å². The fourth-order valence-electron chi connectivity index (χ4n) is 7.36. The van der Waals surface area contributed by atoms with E-state index in [4.69, 9.17) is 18.5 Å². The van der Waals surface area contributed by atoms with Crippen LogP contribution in [0.3, 0.4) is 0 Å². The molecule has 0 spiro atoms.